The zero-order valence-electron chi connectivity index (χ0n) is 10.1. The Morgan fingerprint density at radius 1 is 1.33 bits per heavy atom. The zero-order chi connectivity index (χ0) is 13.0. The normalized spacial score (nSPS) is 10.3. The molecule has 0 saturated carbocycles. The van der Waals surface area contributed by atoms with Crippen molar-refractivity contribution >= 4 is 5.91 Å². The van der Waals surface area contributed by atoms with Crippen LogP contribution in [0.1, 0.15) is 16.1 Å². The lowest BCUT2D eigenvalue weighted by molar-refractivity contribution is 0.0954. The smallest absolute Gasteiger partial charge is 0.251 e. The zero-order valence-corrected chi connectivity index (χ0v) is 10.1. The first-order valence-electron chi connectivity index (χ1n) is 5.67. The Hall–Kier alpha value is -2.17. The Bertz CT molecular complexity index is 533. The van der Waals surface area contributed by atoms with Crippen molar-refractivity contribution in [1.29, 1.82) is 0 Å². The van der Waals surface area contributed by atoms with Crippen LogP contribution in [0.5, 0.6) is 0 Å². The maximum Gasteiger partial charge on any atom is 0.251 e. The minimum absolute atomic E-state index is 0.203. The molecule has 0 saturated heterocycles. The third-order valence-electron chi connectivity index (χ3n) is 2.54. The molecule has 0 unspecified atom stereocenters. The number of carbonyl (C=O) groups is 1. The predicted octanol–water partition coefficient (Wildman–Crippen LogP) is 1.53. The largest absolute Gasteiger partial charge is 0.352 e. The van der Waals surface area contributed by atoms with E-state index < -0.39 is 0 Å². The van der Waals surface area contributed by atoms with Gasteiger partial charge in [0, 0.05) is 31.8 Å². The summed E-state index contributed by atoms with van der Waals surface area (Å²) in [5.41, 5.74) is 1.38. The molecule has 0 aliphatic heterocycles. The van der Waals surface area contributed by atoms with Crippen molar-refractivity contribution in [2.24, 2.45) is 7.05 Å². The first-order valence-corrected chi connectivity index (χ1v) is 5.67. The first kappa shape index (κ1) is 12.3. The molecule has 0 aliphatic carbocycles. The highest BCUT2D eigenvalue weighted by molar-refractivity contribution is 5.94. The molecule has 1 N–H and O–H groups in total. The minimum Gasteiger partial charge on any atom is -0.352 e. The van der Waals surface area contributed by atoms with Crippen LogP contribution in [0.15, 0.2) is 36.5 Å². The Labute approximate surface area is 104 Å². The van der Waals surface area contributed by atoms with Crippen molar-refractivity contribution in [2.75, 3.05) is 6.54 Å². The van der Waals surface area contributed by atoms with Crippen molar-refractivity contribution in [3.05, 3.63) is 53.6 Å². The van der Waals surface area contributed by atoms with E-state index in [4.69, 9.17) is 0 Å². The minimum atomic E-state index is -0.347. The van der Waals surface area contributed by atoms with Gasteiger partial charge in [-0.2, -0.15) is 5.10 Å². The quantitative estimate of drug-likeness (QED) is 0.890. The van der Waals surface area contributed by atoms with Gasteiger partial charge in [-0.25, -0.2) is 4.39 Å². The number of aromatic nitrogens is 2. The molecule has 0 fully saturated rings. The third-order valence-corrected chi connectivity index (χ3v) is 2.54. The highest BCUT2D eigenvalue weighted by atomic mass is 19.1. The van der Waals surface area contributed by atoms with E-state index >= 15 is 0 Å². The van der Waals surface area contributed by atoms with Crippen LogP contribution in [0, 0.1) is 5.82 Å². The number of amides is 1. The van der Waals surface area contributed by atoms with Gasteiger partial charge in [0.15, 0.2) is 0 Å². The highest BCUT2D eigenvalue weighted by Gasteiger charge is 2.05. The maximum absolute atomic E-state index is 12.7. The molecule has 1 amide bonds. The van der Waals surface area contributed by atoms with Gasteiger partial charge in [-0.15, -0.1) is 0 Å². The van der Waals surface area contributed by atoms with Gasteiger partial charge in [-0.1, -0.05) is 0 Å². The van der Waals surface area contributed by atoms with Crippen LogP contribution in [-0.4, -0.2) is 22.2 Å². The van der Waals surface area contributed by atoms with Gasteiger partial charge in [0.25, 0.3) is 5.91 Å². The first-order chi connectivity index (χ1) is 8.65. The molecular weight excluding hydrogens is 233 g/mol. The number of hydrogen-bond acceptors (Lipinski definition) is 2. The Morgan fingerprint density at radius 2 is 2.06 bits per heavy atom. The van der Waals surface area contributed by atoms with E-state index in [-0.39, 0.29) is 11.7 Å². The summed E-state index contributed by atoms with van der Waals surface area (Å²) < 4.78 is 14.4. The van der Waals surface area contributed by atoms with E-state index in [0.717, 1.165) is 5.69 Å². The standard InChI is InChI=1S/C13H14FN3O/c1-17-9-7-12(16-17)6-8-15-13(18)10-2-4-11(14)5-3-10/h2-5,7,9H,6,8H2,1H3,(H,15,18). The molecule has 2 aromatic rings. The van der Waals surface area contributed by atoms with Gasteiger partial charge in [0.2, 0.25) is 0 Å². The molecule has 1 heterocycles. The fourth-order valence-corrected chi connectivity index (χ4v) is 1.60. The second kappa shape index (κ2) is 5.44. The van der Waals surface area contributed by atoms with E-state index in [1.165, 1.54) is 24.3 Å². The van der Waals surface area contributed by atoms with Crippen molar-refractivity contribution in [1.82, 2.24) is 15.1 Å². The van der Waals surface area contributed by atoms with E-state index in [9.17, 15) is 9.18 Å². The van der Waals surface area contributed by atoms with Gasteiger partial charge >= 0.3 is 0 Å². The van der Waals surface area contributed by atoms with Gasteiger partial charge < -0.3 is 5.32 Å². The van der Waals surface area contributed by atoms with Gasteiger partial charge in [-0.3, -0.25) is 9.48 Å². The Balaban J connectivity index is 1.83. The molecular formula is C13H14FN3O. The van der Waals surface area contributed by atoms with E-state index in [1.54, 1.807) is 4.68 Å². The van der Waals surface area contributed by atoms with Crippen LogP contribution in [0.2, 0.25) is 0 Å². The third kappa shape index (κ3) is 3.16. The van der Waals surface area contributed by atoms with Crippen molar-refractivity contribution < 1.29 is 9.18 Å². The molecule has 0 radical (unpaired) electrons. The average Bonchev–Trinajstić information content (AvgIpc) is 2.76. The molecule has 0 spiro atoms. The van der Waals surface area contributed by atoms with E-state index in [2.05, 4.69) is 10.4 Å². The Kier molecular flexibility index (Phi) is 3.72. The SMILES string of the molecule is Cn1ccc(CCNC(=O)c2ccc(F)cc2)n1. The number of hydrogen-bond donors (Lipinski definition) is 1. The highest BCUT2D eigenvalue weighted by Crippen LogP contribution is 2.02. The summed E-state index contributed by atoms with van der Waals surface area (Å²) in [4.78, 5) is 11.7. The van der Waals surface area contributed by atoms with Gasteiger partial charge in [0.05, 0.1) is 5.69 Å². The summed E-state index contributed by atoms with van der Waals surface area (Å²) in [5, 5.41) is 6.97. The number of nitrogens with one attached hydrogen (secondary N) is 1. The lowest BCUT2D eigenvalue weighted by Gasteiger charge is -2.03. The predicted molar refractivity (Wildman–Crippen MR) is 65.6 cm³/mol. The van der Waals surface area contributed by atoms with E-state index in [1.807, 2.05) is 19.3 Å². The number of halogens is 1. The summed E-state index contributed by atoms with van der Waals surface area (Å²) in [6.07, 6.45) is 2.53. The molecule has 0 bridgehead atoms. The summed E-state index contributed by atoms with van der Waals surface area (Å²) in [6.45, 7) is 0.507. The molecule has 94 valence electrons. The van der Waals surface area contributed by atoms with Crippen LogP contribution in [-0.2, 0) is 13.5 Å². The van der Waals surface area contributed by atoms with Crippen molar-refractivity contribution in [2.45, 2.75) is 6.42 Å². The molecule has 18 heavy (non-hydrogen) atoms. The average molecular weight is 247 g/mol. The summed E-state index contributed by atoms with van der Waals surface area (Å²) in [7, 11) is 1.85. The fourth-order valence-electron chi connectivity index (χ4n) is 1.60. The van der Waals surface area contributed by atoms with Crippen LogP contribution in [0.25, 0.3) is 0 Å². The molecule has 0 atom stereocenters. The maximum atomic E-state index is 12.7. The number of carbonyl (C=O) groups excluding carboxylic acids is 1. The second-order valence-corrected chi connectivity index (χ2v) is 3.99. The van der Waals surface area contributed by atoms with Crippen LogP contribution in [0.4, 0.5) is 4.39 Å². The van der Waals surface area contributed by atoms with E-state index in [0.29, 0.717) is 18.5 Å². The molecule has 4 nitrogen and oxygen atoms in total. The summed E-state index contributed by atoms with van der Waals surface area (Å²) >= 11 is 0. The summed E-state index contributed by atoms with van der Waals surface area (Å²) in [5.74, 6) is -0.550. The second-order valence-electron chi connectivity index (χ2n) is 3.99. The molecule has 5 heteroatoms. The molecule has 1 aromatic carbocycles. The molecule has 0 aliphatic rings. The van der Waals surface area contributed by atoms with Crippen LogP contribution in [0.3, 0.4) is 0 Å². The van der Waals surface area contributed by atoms with Crippen molar-refractivity contribution in [3.63, 3.8) is 0 Å². The van der Waals surface area contributed by atoms with Crippen molar-refractivity contribution in [3.8, 4) is 0 Å². The van der Waals surface area contributed by atoms with Crippen LogP contribution < -0.4 is 5.32 Å². The lowest BCUT2D eigenvalue weighted by Crippen LogP contribution is -2.25. The number of benzene rings is 1. The van der Waals surface area contributed by atoms with Gasteiger partial charge in [-0.05, 0) is 30.3 Å². The monoisotopic (exact) mass is 247 g/mol. The molecule has 1 aromatic heterocycles. The van der Waals surface area contributed by atoms with Gasteiger partial charge in [0.1, 0.15) is 5.82 Å². The van der Waals surface area contributed by atoms with Crippen LogP contribution >= 0.6 is 0 Å². The summed E-state index contributed by atoms with van der Waals surface area (Å²) in [6, 6.07) is 7.38. The Morgan fingerprint density at radius 3 is 2.67 bits per heavy atom. The lowest BCUT2D eigenvalue weighted by atomic mass is 10.2. The topological polar surface area (TPSA) is 46.9 Å². The number of nitrogens with zero attached hydrogens (tertiary/aromatic N) is 2. The number of rotatable bonds is 4. The number of aryl methyl sites for hydroxylation is 1. The fraction of sp³-hybridized carbons (Fsp3) is 0.231. The molecule has 2 rings (SSSR count).